The highest BCUT2D eigenvalue weighted by Crippen LogP contribution is 2.50. The summed E-state index contributed by atoms with van der Waals surface area (Å²) < 4.78 is 40.7. The Morgan fingerprint density at radius 2 is 1.82 bits per heavy atom. The molecule has 1 saturated carbocycles. The van der Waals surface area contributed by atoms with Crippen molar-refractivity contribution in [2.75, 3.05) is 4.90 Å². The fourth-order valence-electron chi connectivity index (χ4n) is 3.26. The van der Waals surface area contributed by atoms with Crippen LogP contribution in [-0.4, -0.2) is 33.7 Å². The van der Waals surface area contributed by atoms with E-state index in [1.807, 2.05) is 0 Å². The standard InChI is InChI=1S/C18H13ClF3N3O3/c19-14-9-23-8-5-11(14)10-24-16(27)25(15(26)17(24)6-7-17)12-1-3-13(4-2-12)28-18(20,21)22/h1-5,8-9H,6-7,10H2. The van der Waals surface area contributed by atoms with E-state index in [1.54, 1.807) is 12.3 Å². The van der Waals surface area contributed by atoms with Crippen molar-refractivity contribution in [1.29, 1.82) is 0 Å². The second-order valence-corrected chi connectivity index (χ2v) is 6.96. The largest absolute Gasteiger partial charge is 0.573 e. The molecule has 1 aliphatic heterocycles. The molecular formula is C18H13ClF3N3O3. The number of carbonyl (C=O) groups excluding carboxylic acids is 2. The number of halogens is 4. The number of carbonyl (C=O) groups is 2. The van der Waals surface area contributed by atoms with Crippen LogP contribution < -0.4 is 9.64 Å². The number of anilines is 1. The molecule has 1 aromatic heterocycles. The van der Waals surface area contributed by atoms with Crippen molar-refractivity contribution < 1.29 is 27.5 Å². The maximum absolute atomic E-state index is 13.0. The first-order valence-electron chi connectivity index (χ1n) is 8.32. The molecule has 1 spiro atoms. The molecule has 1 aromatic carbocycles. The van der Waals surface area contributed by atoms with Gasteiger partial charge in [-0.2, -0.15) is 0 Å². The molecule has 146 valence electrons. The Morgan fingerprint density at radius 1 is 1.14 bits per heavy atom. The van der Waals surface area contributed by atoms with E-state index in [0.717, 1.165) is 17.0 Å². The van der Waals surface area contributed by atoms with Crippen LogP contribution in [0.4, 0.5) is 23.7 Å². The Kier molecular flexibility index (Phi) is 4.22. The zero-order valence-electron chi connectivity index (χ0n) is 14.2. The zero-order chi connectivity index (χ0) is 20.1. The molecule has 10 heteroatoms. The van der Waals surface area contributed by atoms with E-state index in [1.165, 1.54) is 23.2 Å². The van der Waals surface area contributed by atoms with Crippen LogP contribution in [0.2, 0.25) is 5.02 Å². The molecular weight excluding hydrogens is 399 g/mol. The summed E-state index contributed by atoms with van der Waals surface area (Å²) in [7, 11) is 0. The third kappa shape index (κ3) is 3.15. The summed E-state index contributed by atoms with van der Waals surface area (Å²) in [5.41, 5.74) is -0.0934. The van der Waals surface area contributed by atoms with Crippen molar-refractivity contribution in [1.82, 2.24) is 9.88 Å². The molecule has 0 unspecified atom stereocenters. The molecule has 28 heavy (non-hydrogen) atoms. The molecule has 0 N–H and O–H groups in total. The maximum Gasteiger partial charge on any atom is 0.573 e. The molecule has 0 atom stereocenters. The van der Waals surface area contributed by atoms with Gasteiger partial charge >= 0.3 is 12.4 Å². The van der Waals surface area contributed by atoms with Gasteiger partial charge in [-0.25, -0.2) is 9.69 Å². The van der Waals surface area contributed by atoms with Crippen LogP contribution >= 0.6 is 11.6 Å². The van der Waals surface area contributed by atoms with Gasteiger partial charge in [-0.15, -0.1) is 13.2 Å². The van der Waals surface area contributed by atoms with Crippen LogP contribution in [0.3, 0.4) is 0 Å². The van der Waals surface area contributed by atoms with Gasteiger partial charge in [0, 0.05) is 12.4 Å². The van der Waals surface area contributed by atoms with Crippen LogP contribution in [0, 0.1) is 0 Å². The Hall–Kier alpha value is -2.81. The topological polar surface area (TPSA) is 62.7 Å². The summed E-state index contributed by atoms with van der Waals surface area (Å²) in [5.74, 6) is -0.830. The number of nitrogens with zero attached hydrogens (tertiary/aromatic N) is 3. The van der Waals surface area contributed by atoms with Crippen LogP contribution in [0.15, 0.2) is 42.7 Å². The van der Waals surface area contributed by atoms with Crippen LogP contribution in [0.25, 0.3) is 0 Å². The molecule has 0 bridgehead atoms. The quantitative estimate of drug-likeness (QED) is 0.709. The van der Waals surface area contributed by atoms with E-state index >= 15 is 0 Å². The first-order valence-corrected chi connectivity index (χ1v) is 8.69. The summed E-state index contributed by atoms with van der Waals surface area (Å²) in [4.78, 5) is 32.2. The molecule has 0 radical (unpaired) electrons. The smallest absolute Gasteiger partial charge is 0.406 e. The lowest BCUT2D eigenvalue weighted by Crippen LogP contribution is -2.36. The van der Waals surface area contributed by atoms with Gasteiger partial charge in [0.15, 0.2) is 0 Å². The number of hydrogen-bond donors (Lipinski definition) is 0. The zero-order valence-corrected chi connectivity index (χ0v) is 15.0. The summed E-state index contributed by atoms with van der Waals surface area (Å²) in [6.07, 6.45) is -0.784. The van der Waals surface area contributed by atoms with Gasteiger partial charge in [0.25, 0.3) is 5.91 Å². The van der Waals surface area contributed by atoms with Gasteiger partial charge < -0.3 is 9.64 Å². The molecule has 1 aliphatic carbocycles. The van der Waals surface area contributed by atoms with Crippen LogP contribution in [0.1, 0.15) is 18.4 Å². The molecule has 2 heterocycles. The van der Waals surface area contributed by atoms with E-state index in [4.69, 9.17) is 11.6 Å². The number of urea groups is 1. The number of alkyl halides is 3. The Morgan fingerprint density at radius 3 is 2.39 bits per heavy atom. The third-order valence-electron chi connectivity index (χ3n) is 4.78. The normalized spacial score (nSPS) is 18.1. The van der Waals surface area contributed by atoms with E-state index in [0.29, 0.717) is 23.4 Å². The lowest BCUT2D eigenvalue weighted by molar-refractivity contribution is -0.274. The van der Waals surface area contributed by atoms with E-state index < -0.39 is 29.6 Å². The predicted molar refractivity (Wildman–Crippen MR) is 92.8 cm³/mol. The highest BCUT2D eigenvalue weighted by Gasteiger charge is 2.65. The first-order chi connectivity index (χ1) is 13.2. The fraction of sp³-hybridized carbons (Fsp3) is 0.278. The minimum Gasteiger partial charge on any atom is -0.406 e. The summed E-state index contributed by atoms with van der Waals surface area (Å²) in [6, 6.07) is 5.74. The van der Waals surface area contributed by atoms with Crippen molar-refractivity contribution in [2.45, 2.75) is 31.3 Å². The van der Waals surface area contributed by atoms with Gasteiger partial charge in [0.1, 0.15) is 11.3 Å². The van der Waals surface area contributed by atoms with Crippen LogP contribution in [-0.2, 0) is 11.3 Å². The molecule has 3 amide bonds. The average molecular weight is 412 g/mol. The van der Waals surface area contributed by atoms with Crippen molar-refractivity contribution in [3.8, 4) is 5.75 Å². The Bertz CT molecular complexity index is 945. The number of benzene rings is 1. The lowest BCUT2D eigenvalue weighted by atomic mass is 10.2. The number of aromatic nitrogens is 1. The monoisotopic (exact) mass is 411 g/mol. The van der Waals surface area contributed by atoms with Crippen molar-refractivity contribution in [3.63, 3.8) is 0 Å². The number of ether oxygens (including phenoxy) is 1. The minimum atomic E-state index is -4.82. The van der Waals surface area contributed by atoms with Crippen molar-refractivity contribution in [3.05, 3.63) is 53.3 Å². The minimum absolute atomic E-state index is 0.137. The number of rotatable bonds is 4. The Balaban J connectivity index is 1.60. The SMILES string of the molecule is O=C1N(c2ccc(OC(F)(F)F)cc2)C(=O)C2(CC2)N1Cc1ccncc1Cl. The Labute approximate surface area is 162 Å². The van der Waals surface area contributed by atoms with Gasteiger partial charge in [-0.05, 0) is 48.7 Å². The fourth-order valence-corrected chi connectivity index (χ4v) is 3.44. The summed E-state index contributed by atoms with van der Waals surface area (Å²) in [6.45, 7) is 0.137. The highest BCUT2D eigenvalue weighted by atomic mass is 35.5. The molecule has 2 aliphatic rings. The van der Waals surface area contributed by atoms with E-state index in [2.05, 4.69) is 9.72 Å². The van der Waals surface area contributed by atoms with E-state index in [-0.39, 0.29) is 12.2 Å². The maximum atomic E-state index is 13.0. The average Bonchev–Trinajstić information content (AvgIpc) is 3.39. The molecule has 2 fully saturated rings. The highest BCUT2D eigenvalue weighted by molar-refractivity contribution is 6.31. The van der Waals surface area contributed by atoms with E-state index in [9.17, 15) is 22.8 Å². The second-order valence-electron chi connectivity index (χ2n) is 6.55. The second kappa shape index (κ2) is 6.37. The van der Waals surface area contributed by atoms with Crippen molar-refractivity contribution in [2.24, 2.45) is 0 Å². The number of hydrogen-bond acceptors (Lipinski definition) is 4. The third-order valence-corrected chi connectivity index (χ3v) is 5.12. The van der Waals surface area contributed by atoms with Gasteiger partial charge in [0.05, 0.1) is 17.3 Å². The summed E-state index contributed by atoms with van der Waals surface area (Å²) >= 11 is 6.12. The molecule has 6 nitrogen and oxygen atoms in total. The van der Waals surface area contributed by atoms with Crippen molar-refractivity contribution >= 4 is 29.2 Å². The molecule has 4 rings (SSSR count). The molecule has 1 saturated heterocycles. The number of imide groups is 1. The number of amides is 3. The predicted octanol–water partition coefficient (Wildman–Crippen LogP) is 4.14. The molecule has 2 aromatic rings. The van der Waals surface area contributed by atoms with Crippen LogP contribution in [0.5, 0.6) is 5.75 Å². The van der Waals surface area contributed by atoms with Gasteiger partial charge in [-0.1, -0.05) is 11.6 Å². The van der Waals surface area contributed by atoms with Gasteiger partial charge in [0.2, 0.25) is 0 Å². The van der Waals surface area contributed by atoms with Gasteiger partial charge in [-0.3, -0.25) is 9.78 Å². The lowest BCUT2D eigenvalue weighted by Gasteiger charge is -2.21. The number of pyridine rings is 1. The first kappa shape index (κ1) is 18.5. The summed E-state index contributed by atoms with van der Waals surface area (Å²) in [5, 5.41) is 0.380.